The van der Waals surface area contributed by atoms with Gasteiger partial charge in [0.2, 0.25) is 0 Å². The molecule has 0 unspecified atom stereocenters. The van der Waals surface area contributed by atoms with Gasteiger partial charge >= 0.3 is 5.97 Å². The third kappa shape index (κ3) is 5.17. The van der Waals surface area contributed by atoms with E-state index in [-0.39, 0.29) is 12.2 Å². The third-order valence-electron chi connectivity index (χ3n) is 6.83. The molecule has 5 rings (SSSR count). The Morgan fingerprint density at radius 1 is 1.20 bits per heavy atom. The van der Waals surface area contributed by atoms with E-state index in [1.54, 1.807) is 37.7 Å². The van der Waals surface area contributed by atoms with Crippen LogP contribution in [0.5, 0.6) is 11.5 Å². The van der Waals surface area contributed by atoms with Gasteiger partial charge < -0.3 is 18.8 Å². The largest absolute Gasteiger partial charge is 0.493 e. The van der Waals surface area contributed by atoms with Gasteiger partial charge in [-0.05, 0) is 50.6 Å². The highest BCUT2D eigenvalue weighted by Gasteiger charge is 2.35. The van der Waals surface area contributed by atoms with Gasteiger partial charge in [-0.1, -0.05) is 51.5 Å². The van der Waals surface area contributed by atoms with E-state index in [1.165, 1.54) is 11.3 Å². The highest BCUT2D eigenvalue weighted by molar-refractivity contribution is 9.10. The summed E-state index contributed by atoms with van der Waals surface area (Å²) in [4.78, 5) is 32.7. The van der Waals surface area contributed by atoms with Crippen molar-refractivity contribution in [2.45, 2.75) is 33.4 Å². The first-order chi connectivity index (χ1) is 19.8. The van der Waals surface area contributed by atoms with Crippen molar-refractivity contribution in [3.63, 3.8) is 0 Å². The number of para-hydroxylation sites is 1. The molecule has 0 N–H and O–H groups in total. The van der Waals surface area contributed by atoms with Gasteiger partial charge in [0.1, 0.15) is 0 Å². The van der Waals surface area contributed by atoms with Gasteiger partial charge in [-0.25, -0.2) is 9.79 Å². The average Bonchev–Trinajstić information content (AvgIpc) is 3.45. The number of carbonyl (C=O) groups is 1. The summed E-state index contributed by atoms with van der Waals surface area (Å²) in [7, 11) is 1.55. The normalized spacial score (nSPS) is 15.0. The summed E-state index contributed by atoms with van der Waals surface area (Å²) in [5, 5.41) is 1.03. The number of benzene rings is 2. The standard InChI is InChI=1S/C31H30BrN3O5S/c1-6-13-34-17-19(20-11-9-10-12-23(20)34)14-26-29(36)35-28(21-15-24(38-5)25(39-7-2)16-22(21)32)27(30(37)40-8-3)18(4)33-31(35)41-26/h6,9-12,14-17,28H,1,7-8,13H2,2-5H3/b26-14+/t28-/m0/s1. The number of carbonyl (C=O) groups excluding carboxylic acids is 1. The van der Waals surface area contributed by atoms with Crippen LogP contribution >= 0.6 is 27.3 Å². The highest BCUT2D eigenvalue weighted by Crippen LogP contribution is 2.41. The van der Waals surface area contributed by atoms with E-state index in [2.05, 4.69) is 27.1 Å². The summed E-state index contributed by atoms with van der Waals surface area (Å²) >= 11 is 4.95. The van der Waals surface area contributed by atoms with Crippen molar-refractivity contribution in [2.24, 2.45) is 4.99 Å². The number of methoxy groups -OCH3 is 1. The minimum Gasteiger partial charge on any atom is -0.493 e. The van der Waals surface area contributed by atoms with Crippen LogP contribution in [0.1, 0.15) is 37.9 Å². The van der Waals surface area contributed by atoms with Gasteiger partial charge in [0.15, 0.2) is 16.3 Å². The molecule has 1 aliphatic rings. The van der Waals surface area contributed by atoms with Gasteiger partial charge in [-0.15, -0.1) is 6.58 Å². The fourth-order valence-corrected chi connectivity index (χ4v) is 6.67. The van der Waals surface area contributed by atoms with Crippen LogP contribution in [0.2, 0.25) is 0 Å². The zero-order valence-corrected chi connectivity index (χ0v) is 25.7. The monoisotopic (exact) mass is 635 g/mol. The second-order valence-electron chi connectivity index (χ2n) is 9.30. The number of rotatable bonds is 9. The van der Waals surface area contributed by atoms with E-state index in [0.29, 0.717) is 55.3 Å². The van der Waals surface area contributed by atoms with Gasteiger partial charge in [0, 0.05) is 33.7 Å². The predicted molar refractivity (Wildman–Crippen MR) is 164 cm³/mol. The highest BCUT2D eigenvalue weighted by atomic mass is 79.9. The quantitative estimate of drug-likeness (QED) is 0.189. The summed E-state index contributed by atoms with van der Waals surface area (Å²) in [6.45, 7) is 10.6. The van der Waals surface area contributed by atoms with Crippen LogP contribution in [0.4, 0.5) is 0 Å². The molecule has 4 aromatic rings. The molecule has 8 nitrogen and oxygen atoms in total. The minimum absolute atomic E-state index is 0.190. The number of hydrogen-bond acceptors (Lipinski definition) is 7. The first-order valence-corrected chi connectivity index (χ1v) is 14.8. The molecule has 2 aromatic heterocycles. The van der Waals surface area contributed by atoms with Crippen LogP contribution in [-0.4, -0.2) is 35.4 Å². The first-order valence-electron chi connectivity index (χ1n) is 13.2. The molecule has 0 amide bonds. The van der Waals surface area contributed by atoms with Crippen molar-refractivity contribution >= 4 is 50.2 Å². The fraction of sp³-hybridized carbons (Fsp3) is 0.258. The Balaban J connectivity index is 1.77. The number of nitrogens with zero attached hydrogens (tertiary/aromatic N) is 3. The molecule has 41 heavy (non-hydrogen) atoms. The summed E-state index contributed by atoms with van der Waals surface area (Å²) in [5.41, 5.74) is 3.14. The molecule has 10 heteroatoms. The maximum Gasteiger partial charge on any atom is 0.338 e. The molecule has 0 spiro atoms. The maximum atomic E-state index is 14.2. The SMILES string of the molecule is C=CCn1cc(/C=c2/sc3n(c2=O)[C@@H](c2cc(OC)c(OCC)cc2Br)C(C(=O)OCC)=C(C)N=3)c2ccccc21. The molecular formula is C31H30BrN3O5S. The molecule has 0 saturated heterocycles. The molecule has 0 bridgehead atoms. The average molecular weight is 637 g/mol. The van der Waals surface area contributed by atoms with E-state index in [9.17, 15) is 9.59 Å². The van der Waals surface area contributed by atoms with Crippen LogP contribution in [0, 0.1) is 0 Å². The van der Waals surface area contributed by atoms with E-state index in [4.69, 9.17) is 19.2 Å². The third-order valence-corrected chi connectivity index (χ3v) is 8.50. The number of hydrogen-bond donors (Lipinski definition) is 0. The van der Waals surface area contributed by atoms with E-state index < -0.39 is 12.0 Å². The Kier molecular flexibility index (Phi) is 8.32. The Morgan fingerprint density at radius 3 is 2.68 bits per heavy atom. The van der Waals surface area contributed by atoms with Gasteiger partial charge in [0.05, 0.1) is 42.2 Å². The smallest absolute Gasteiger partial charge is 0.338 e. The van der Waals surface area contributed by atoms with Crippen molar-refractivity contribution in [1.29, 1.82) is 0 Å². The van der Waals surface area contributed by atoms with Crippen molar-refractivity contribution in [2.75, 3.05) is 20.3 Å². The summed E-state index contributed by atoms with van der Waals surface area (Å²) in [5.74, 6) is 0.507. The second kappa shape index (κ2) is 11.9. The topological polar surface area (TPSA) is 84.0 Å². The Morgan fingerprint density at radius 2 is 1.98 bits per heavy atom. The molecule has 0 saturated carbocycles. The van der Waals surface area contributed by atoms with Gasteiger partial charge in [-0.3, -0.25) is 9.36 Å². The van der Waals surface area contributed by atoms with Crippen molar-refractivity contribution in [3.05, 3.63) is 102 Å². The zero-order valence-electron chi connectivity index (χ0n) is 23.3. The van der Waals surface area contributed by atoms with E-state index in [0.717, 1.165) is 16.5 Å². The molecule has 212 valence electrons. The molecule has 0 radical (unpaired) electrons. The molecule has 1 aliphatic heterocycles. The number of thiazole rings is 1. The summed E-state index contributed by atoms with van der Waals surface area (Å²) in [6.07, 6.45) is 5.75. The second-order valence-corrected chi connectivity index (χ2v) is 11.2. The Bertz CT molecular complexity index is 1880. The lowest BCUT2D eigenvalue weighted by Crippen LogP contribution is -2.40. The van der Waals surface area contributed by atoms with E-state index in [1.807, 2.05) is 49.5 Å². The number of allylic oxidation sites excluding steroid dienone is 2. The number of halogens is 1. The molecule has 1 atom stereocenters. The van der Waals surface area contributed by atoms with Crippen LogP contribution in [0.15, 0.2) is 80.8 Å². The summed E-state index contributed by atoms with van der Waals surface area (Å²) in [6, 6.07) is 10.8. The lowest BCUT2D eigenvalue weighted by molar-refractivity contribution is -0.139. The number of aromatic nitrogens is 2. The van der Waals surface area contributed by atoms with Crippen LogP contribution in [0.25, 0.3) is 17.0 Å². The predicted octanol–water partition coefficient (Wildman–Crippen LogP) is 5.11. The molecule has 0 fully saturated rings. The number of ether oxygens (including phenoxy) is 3. The Labute approximate surface area is 249 Å². The molecule has 3 heterocycles. The van der Waals surface area contributed by atoms with Crippen LogP contribution < -0.4 is 24.4 Å². The van der Waals surface area contributed by atoms with Crippen molar-refractivity contribution in [3.8, 4) is 11.5 Å². The van der Waals surface area contributed by atoms with Crippen LogP contribution in [0.3, 0.4) is 0 Å². The van der Waals surface area contributed by atoms with Gasteiger partial charge in [-0.2, -0.15) is 0 Å². The van der Waals surface area contributed by atoms with E-state index >= 15 is 0 Å². The first kappa shape index (κ1) is 28.6. The van der Waals surface area contributed by atoms with Gasteiger partial charge in [0.25, 0.3) is 5.56 Å². The lowest BCUT2D eigenvalue weighted by atomic mass is 9.95. The Hall–Kier alpha value is -3.89. The van der Waals surface area contributed by atoms with Crippen LogP contribution in [-0.2, 0) is 16.1 Å². The van der Waals surface area contributed by atoms with Crippen molar-refractivity contribution < 1.29 is 19.0 Å². The number of esters is 1. The summed E-state index contributed by atoms with van der Waals surface area (Å²) < 4.78 is 21.6. The minimum atomic E-state index is -0.798. The molecule has 2 aromatic carbocycles. The molecular weight excluding hydrogens is 606 g/mol. The number of fused-ring (bicyclic) bond motifs is 2. The molecule has 0 aliphatic carbocycles. The fourth-order valence-electron chi connectivity index (χ4n) is 5.10. The lowest BCUT2D eigenvalue weighted by Gasteiger charge is -2.26. The van der Waals surface area contributed by atoms with Crippen molar-refractivity contribution in [1.82, 2.24) is 9.13 Å². The maximum absolute atomic E-state index is 14.2. The zero-order chi connectivity index (χ0) is 29.3.